The van der Waals surface area contributed by atoms with Crippen LogP contribution in [0.15, 0.2) is 18.2 Å². The third-order valence-corrected chi connectivity index (χ3v) is 2.66. The van der Waals surface area contributed by atoms with Gasteiger partial charge in [0.1, 0.15) is 17.3 Å². The number of hydrogen-bond acceptors (Lipinski definition) is 4. The fourth-order valence-corrected chi connectivity index (χ4v) is 1.83. The molecule has 0 aromatic heterocycles. The Hall–Kier alpha value is -1.18. The van der Waals surface area contributed by atoms with E-state index in [9.17, 15) is 17.9 Å². The molecule has 0 bridgehead atoms. The van der Waals surface area contributed by atoms with Gasteiger partial charge in [-0.15, -0.1) is 0 Å². The van der Waals surface area contributed by atoms with Crippen molar-refractivity contribution < 1.29 is 27.2 Å². The normalized spacial score (nSPS) is 13.5. The molecule has 0 aliphatic heterocycles. The van der Waals surface area contributed by atoms with Crippen LogP contribution >= 0.6 is 0 Å². The van der Waals surface area contributed by atoms with Crippen LogP contribution in [0.1, 0.15) is 11.7 Å². The molecule has 1 atom stereocenters. The zero-order chi connectivity index (χ0) is 12.3. The van der Waals surface area contributed by atoms with Crippen LogP contribution in [0.4, 0.5) is 4.39 Å². The van der Waals surface area contributed by atoms with E-state index in [1.807, 2.05) is 0 Å². The number of halogens is 1. The second kappa shape index (κ2) is 4.77. The first kappa shape index (κ1) is 12.9. The molecule has 0 aliphatic rings. The van der Waals surface area contributed by atoms with Gasteiger partial charge < -0.3 is 9.84 Å². The quantitative estimate of drug-likeness (QED) is 0.770. The molecule has 0 heterocycles. The van der Waals surface area contributed by atoms with Crippen molar-refractivity contribution in [2.45, 2.75) is 6.10 Å². The highest BCUT2D eigenvalue weighted by Crippen LogP contribution is 2.26. The standard InChI is InChI=1S/C9H11FO5S/c1-15-9-3-2-6(10)4-7(9)8(11)5-16(12,13)14/h2-4,8,11H,5H2,1H3,(H,12,13,14). The lowest BCUT2D eigenvalue weighted by atomic mass is 10.1. The zero-order valence-corrected chi connectivity index (χ0v) is 9.24. The first-order valence-electron chi connectivity index (χ1n) is 4.30. The number of methoxy groups -OCH3 is 1. The minimum Gasteiger partial charge on any atom is -0.496 e. The molecular weight excluding hydrogens is 239 g/mol. The number of rotatable bonds is 4. The van der Waals surface area contributed by atoms with Gasteiger partial charge >= 0.3 is 0 Å². The van der Waals surface area contributed by atoms with Gasteiger partial charge in [-0.05, 0) is 18.2 Å². The molecule has 0 saturated carbocycles. The Bertz CT molecular complexity index is 471. The molecule has 1 aromatic rings. The molecule has 5 nitrogen and oxygen atoms in total. The molecule has 0 radical (unpaired) electrons. The first-order valence-corrected chi connectivity index (χ1v) is 5.91. The highest BCUT2D eigenvalue weighted by Gasteiger charge is 2.20. The van der Waals surface area contributed by atoms with E-state index in [0.717, 1.165) is 12.1 Å². The summed E-state index contributed by atoms with van der Waals surface area (Å²) in [5.74, 6) is -1.39. The van der Waals surface area contributed by atoms with Crippen LogP contribution in [-0.4, -0.2) is 30.9 Å². The molecule has 2 N–H and O–H groups in total. The van der Waals surface area contributed by atoms with Crippen LogP contribution in [0, 0.1) is 5.82 Å². The third-order valence-electron chi connectivity index (χ3n) is 1.92. The number of benzene rings is 1. The van der Waals surface area contributed by atoms with Gasteiger partial charge in [-0.3, -0.25) is 4.55 Å². The molecule has 0 spiro atoms. The molecule has 1 rings (SSSR count). The topological polar surface area (TPSA) is 83.8 Å². The highest BCUT2D eigenvalue weighted by molar-refractivity contribution is 7.85. The molecule has 16 heavy (non-hydrogen) atoms. The monoisotopic (exact) mass is 250 g/mol. The van der Waals surface area contributed by atoms with Crippen molar-refractivity contribution in [2.24, 2.45) is 0 Å². The van der Waals surface area contributed by atoms with Gasteiger partial charge in [0.05, 0.1) is 13.2 Å². The van der Waals surface area contributed by atoms with Crippen LogP contribution in [-0.2, 0) is 10.1 Å². The Balaban J connectivity index is 3.06. The minimum absolute atomic E-state index is 0.0277. The van der Waals surface area contributed by atoms with Crippen molar-refractivity contribution in [3.8, 4) is 5.75 Å². The predicted octanol–water partition coefficient (Wildman–Crippen LogP) is 0.756. The van der Waals surface area contributed by atoms with Crippen molar-refractivity contribution in [1.82, 2.24) is 0 Å². The SMILES string of the molecule is COc1ccc(F)cc1C(O)CS(=O)(=O)O. The Morgan fingerprint density at radius 2 is 2.12 bits per heavy atom. The van der Waals surface area contributed by atoms with Crippen LogP contribution in [0.2, 0.25) is 0 Å². The third kappa shape index (κ3) is 3.44. The molecule has 1 unspecified atom stereocenters. The molecule has 0 amide bonds. The van der Waals surface area contributed by atoms with E-state index in [4.69, 9.17) is 9.29 Å². The summed E-state index contributed by atoms with van der Waals surface area (Å²) in [6.07, 6.45) is -1.54. The zero-order valence-electron chi connectivity index (χ0n) is 8.42. The van der Waals surface area contributed by atoms with Crippen molar-refractivity contribution in [1.29, 1.82) is 0 Å². The number of ether oxygens (including phenoxy) is 1. The lowest BCUT2D eigenvalue weighted by Gasteiger charge is -2.13. The van der Waals surface area contributed by atoms with Crippen LogP contribution in [0.3, 0.4) is 0 Å². The molecule has 0 saturated heterocycles. The number of aliphatic hydroxyl groups is 1. The van der Waals surface area contributed by atoms with Gasteiger partial charge in [-0.2, -0.15) is 8.42 Å². The summed E-state index contributed by atoms with van der Waals surface area (Å²) < 4.78 is 47.4. The molecule has 7 heteroatoms. The smallest absolute Gasteiger partial charge is 0.267 e. The van der Waals surface area contributed by atoms with Gasteiger partial charge in [-0.25, -0.2) is 4.39 Å². The Morgan fingerprint density at radius 3 is 2.62 bits per heavy atom. The van der Waals surface area contributed by atoms with E-state index in [1.165, 1.54) is 13.2 Å². The van der Waals surface area contributed by atoms with Gasteiger partial charge in [0.2, 0.25) is 0 Å². The molecule has 1 aromatic carbocycles. The van der Waals surface area contributed by atoms with E-state index >= 15 is 0 Å². The fraction of sp³-hybridized carbons (Fsp3) is 0.333. The maximum atomic E-state index is 12.9. The van der Waals surface area contributed by atoms with E-state index in [1.54, 1.807) is 0 Å². The summed E-state index contributed by atoms with van der Waals surface area (Å²) in [6, 6.07) is 3.33. The molecule has 0 fully saturated rings. The van der Waals surface area contributed by atoms with Crippen LogP contribution in [0.5, 0.6) is 5.75 Å². The summed E-state index contributed by atoms with van der Waals surface area (Å²) >= 11 is 0. The predicted molar refractivity (Wildman–Crippen MR) is 54.3 cm³/mol. The first-order chi connectivity index (χ1) is 7.33. The lowest BCUT2D eigenvalue weighted by molar-refractivity contribution is 0.193. The Kier molecular flexibility index (Phi) is 3.84. The number of hydrogen-bond donors (Lipinski definition) is 2. The van der Waals surface area contributed by atoms with Crippen molar-refractivity contribution in [3.05, 3.63) is 29.6 Å². The molecule has 90 valence electrons. The summed E-state index contributed by atoms with van der Waals surface area (Å²) in [4.78, 5) is 0. The number of aliphatic hydroxyl groups excluding tert-OH is 1. The van der Waals surface area contributed by atoms with Crippen molar-refractivity contribution >= 4 is 10.1 Å². The lowest BCUT2D eigenvalue weighted by Crippen LogP contribution is -2.14. The van der Waals surface area contributed by atoms with Gasteiger partial charge in [-0.1, -0.05) is 0 Å². The second-order valence-electron chi connectivity index (χ2n) is 3.15. The van der Waals surface area contributed by atoms with Gasteiger partial charge in [0.15, 0.2) is 0 Å². The largest absolute Gasteiger partial charge is 0.496 e. The molecule has 0 aliphatic carbocycles. The fourth-order valence-electron chi connectivity index (χ4n) is 1.25. The second-order valence-corrected chi connectivity index (χ2v) is 4.65. The minimum atomic E-state index is -4.34. The summed E-state index contributed by atoms with van der Waals surface area (Å²) in [6.45, 7) is 0. The van der Waals surface area contributed by atoms with Gasteiger partial charge in [0, 0.05) is 5.56 Å². The summed E-state index contributed by atoms with van der Waals surface area (Å²) in [5, 5.41) is 9.51. The van der Waals surface area contributed by atoms with E-state index < -0.39 is 27.8 Å². The van der Waals surface area contributed by atoms with E-state index in [2.05, 4.69) is 0 Å². The Morgan fingerprint density at radius 1 is 1.50 bits per heavy atom. The van der Waals surface area contributed by atoms with Crippen molar-refractivity contribution in [2.75, 3.05) is 12.9 Å². The Labute approximate surface area is 92.2 Å². The summed E-state index contributed by atoms with van der Waals surface area (Å²) in [5.41, 5.74) is -0.0277. The van der Waals surface area contributed by atoms with Crippen LogP contribution in [0.25, 0.3) is 0 Å². The average molecular weight is 250 g/mol. The van der Waals surface area contributed by atoms with Crippen LogP contribution < -0.4 is 4.74 Å². The van der Waals surface area contributed by atoms with Gasteiger partial charge in [0.25, 0.3) is 10.1 Å². The maximum Gasteiger partial charge on any atom is 0.267 e. The summed E-state index contributed by atoms with van der Waals surface area (Å²) in [7, 11) is -3.03. The maximum absolute atomic E-state index is 12.9. The van der Waals surface area contributed by atoms with E-state index in [-0.39, 0.29) is 11.3 Å². The average Bonchev–Trinajstić information content (AvgIpc) is 2.15. The molecular formula is C9H11FO5S. The van der Waals surface area contributed by atoms with E-state index in [0.29, 0.717) is 0 Å². The van der Waals surface area contributed by atoms with Crippen molar-refractivity contribution in [3.63, 3.8) is 0 Å². The highest BCUT2D eigenvalue weighted by atomic mass is 32.2.